The van der Waals surface area contributed by atoms with Gasteiger partial charge in [0.15, 0.2) is 0 Å². The highest BCUT2D eigenvalue weighted by Gasteiger charge is 2.19. The number of rotatable bonds is 8. The van der Waals surface area contributed by atoms with Crippen molar-refractivity contribution in [3.63, 3.8) is 0 Å². The molecule has 0 saturated carbocycles. The van der Waals surface area contributed by atoms with Gasteiger partial charge in [-0.2, -0.15) is 0 Å². The van der Waals surface area contributed by atoms with Crippen molar-refractivity contribution in [2.24, 2.45) is 0 Å². The summed E-state index contributed by atoms with van der Waals surface area (Å²) in [5.74, 6) is -1.02. The summed E-state index contributed by atoms with van der Waals surface area (Å²) in [6.07, 6.45) is 0. The van der Waals surface area contributed by atoms with Crippen molar-refractivity contribution >= 4 is 5.69 Å². The quantitative estimate of drug-likeness (QED) is 0.744. The van der Waals surface area contributed by atoms with E-state index in [4.69, 9.17) is 4.74 Å². The van der Waals surface area contributed by atoms with Crippen LogP contribution in [0.2, 0.25) is 0 Å². The largest absolute Gasteiger partial charge is 0.383 e. The highest BCUT2D eigenvalue weighted by atomic mass is 19.1. The molecule has 0 radical (unpaired) electrons. The van der Waals surface area contributed by atoms with E-state index in [1.165, 1.54) is 12.1 Å². The van der Waals surface area contributed by atoms with Gasteiger partial charge in [0, 0.05) is 32.8 Å². The zero-order valence-corrected chi connectivity index (χ0v) is 12.7. The molecule has 0 amide bonds. The molecule has 0 aliphatic rings. The number of methoxy groups -OCH3 is 1. The monoisotopic (exact) mass is 286 g/mol. The molecule has 0 heterocycles. The van der Waals surface area contributed by atoms with E-state index in [1.807, 2.05) is 20.8 Å². The number of ether oxygens (including phenoxy) is 1. The average Bonchev–Trinajstić information content (AvgIpc) is 2.38. The van der Waals surface area contributed by atoms with Crippen LogP contribution in [0.1, 0.15) is 26.3 Å². The standard InChI is InChI=1S/C15H24F2N2O/c1-5-19(11(2)3)15-13(16)8-12(9-14(15)17)10-18-6-7-20-4/h8-9,11,18H,5-7,10H2,1-4H3. The molecule has 0 bridgehead atoms. The summed E-state index contributed by atoms with van der Waals surface area (Å²) in [4.78, 5) is 1.72. The molecule has 0 unspecified atom stereocenters. The normalized spacial score (nSPS) is 11.2. The summed E-state index contributed by atoms with van der Waals surface area (Å²) in [5.41, 5.74) is 0.655. The van der Waals surface area contributed by atoms with E-state index in [1.54, 1.807) is 12.0 Å². The summed E-state index contributed by atoms with van der Waals surface area (Å²) in [7, 11) is 1.61. The third-order valence-electron chi connectivity index (χ3n) is 3.14. The van der Waals surface area contributed by atoms with Crippen LogP contribution in [0, 0.1) is 11.6 Å². The average molecular weight is 286 g/mol. The fourth-order valence-corrected chi connectivity index (χ4v) is 2.18. The number of hydrogen-bond donors (Lipinski definition) is 1. The van der Waals surface area contributed by atoms with Gasteiger partial charge in [-0.05, 0) is 38.5 Å². The second-order valence-electron chi connectivity index (χ2n) is 4.96. The lowest BCUT2D eigenvalue weighted by Crippen LogP contribution is -2.32. The maximum absolute atomic E-state index is 14.1. The van der Waals surface area contributed by atoms with Crippen molar-refractivity contribution in [2.45, 2.75) is 33.4 Å². The van der Waals surface area contributed by atoms with Crippen molar-refractivity contribution in [1.82, 2.24) is 5.32 Å². The lowest BCUT2D eigenvalue weighted by atomic mass is 10.1. The smallest absolute Gasteiger partial charge is 0.149 e. The topological polar surface area (TPSA) is 24.5 Å². The van der Waals surface area contributed by atoms with Crippen LogP contribution in [0.25, 0.3) is 0 Å². The van der Waals surface area contributed by atoms with Crippen LogP contribution in [-0.4, -0.2) is 32.8 Å². The molecule has 114 valence electrons. The second kappa shape index (κ2) is 8.17. The number of hydrogen-bond acceptors (Lipinski definition) is 3. The number of halogens is 2. The first-order valence-corrected chi connectivity index (χ1v) is 6.95. The molecule has 0 spiro atoms. The second-order valence-corrected chi connectivity index (χ2v) is 4.96. The van der Waals surface area contributed by atoms with Crippen LogP contribution in [0.15, 0.2) is 12.1 Å². The Morgan fingerprint density at radius 3 is 2.30 bits per heavy atom. The predicted molar refractivity (Wildman–Crippen MR) is 78.1 cm³/mol. The van der Waals surface area contributed by atoms with E-state index >= 15 is 0 Å². The van der Waals surface area contributed by atoms with Crippen LogP contribution >= 0.6 is 0 Å². The lowest BCUT2D eigenvalue weighted by molar-refractivity contribution is 0.199. The van der Waals surface area contributed by atoms with Gasteiger partial charge in [-0.1, -0.05) is 0 Å². The Balaban J connectivity index is 2.85. The van der Waals surface area contributed by atoms with E-state index in [-0.39, 0.29) is 11.7 Å². The minimum atomic E-state index is -0.510. The zero-order chi connectivity index (χ0) is 15.1. The lowest BCUT2D eigenvalue weighted by Gasteiger charge is -2.28. The molecule has 0 saturated heterocycles. The molecule has 0 fully saturated rings. The summed E-state index contributed by atoms with van der Waals surface area (Å²) >= 11 is 0. The van der Waals surface area contributed by atoms with Gasteiger partial charge < -0.3 is 15.0 Å². The zero-order valence-electron chi connectivity index (χ0n) is 12.7. The predicted octanol–water partition coefficient (Wildman–Crippen LogP) is 2.94. The fraction of sp³-hybridized carbons (Fsp3) is 0.600. The maximum atomic E-state index is 14.1. The molecular weight excluding hydrogens is 262 g/mol. The molecule has 1 aromatic carbocycles. The third-order valence-corrected chi connectivity index (χ3v) is 3.14. The molecule has 20 heavy (non-hydrogen) atoms. The van der Waals surface area contributed by atoms with Gasteiger partial charge in [-0.15, -0.1) is 0 Å². The van der Waals surface area contributed by atoms with E-state index in [2.05, 4.69) is 5.32 Å². The molecule has 1 aromatic rings. The Labute approximate surface area is 119 Å². The SMILES string of the molecule is CCN(c1c(F)cc(CNCCOC)cc1F)C(C)C. The molecule has 0 atom stereocenters. The first-order chi connectivity index (χ1) is 9.51. The van der Waals surface area contributed by atoms with Gasteiger partial charge in [-0.3, -0.25) is 0 Å². The molecule has 0 aliphatic carbocycles. The van der Waals surface area contributed by atoms with E-state index in [0.717, 1.165) is 0 Å². The van der Waals surface area contributed by atoms with Gasteiger partial charge in [-0.25, -0.2) is 8.78 Å². The van der Waals surface area contributed by atoms with Crippen molar-refractivity contribution in [3.05, 3.63) is 29.3 Å². The Morgan fingerprint density at radius 1 is 1.25 bits per heavy atom. The summed E-state index contributed by atoms with van der Waals surface area (Å²) in [5, 5.41) is 3.07. The Hall–Kier alpha value is -1.20. The van der Waals surface area contributed by atoms with Crippen molar-refractivity contribution in [3.8, 4) is 0 Å². The summed E-state index contributed by atoms with van der Waals surface area (Å²) in [6, 6.07) is 2.83. The molecule has 1 rings (SSSR count). The molecular formula is C15H24F2N2O. The van der Waals surface area contributed by atoms with Crippen LogP contribution in [0.3, 0.4) is 0 Å². The molecule has 0 aliphatic heterocycles. The van der Waals surface area contributed by atoms with E-state index in [9.17, 15) is 8.78 Å². The van der Waals surface area contributed by atoms with Crippen molar-refractivity contribution in [1.29, 1.82) is 0 Å². The molecule has 1 N–H and O–H groups in total. The van der Waals surface area contributed by atoms with Crippen LogP contribution < -0.4 is 10.2 Å². The first-order valence-electron chi connectivity index (χ1n) is 6.95. The molecule has 3 nitrogen and oxygen atoms in total. The van der Waals surface area contributed by atoms with Gasteiger partial charge in [0.1, 0.15) is 17.3 Å². The van der Waals surface area contributed by atoms with Gasteiger partial charge in [0.05, 0.1) is 6.61 Å². The number of benzene rings is 1. The fourth-order valence-electron chi connectivity index (χ4n) is 2.18. The van der Waals surface area contributed by atoms with E-state index < -0.39 is 11.6 Å². The number of nitrogens with one attached hydrogen (secondary N) is 1. The first kappa shape index (κ1) is 16.9. The Bertz CT molecular complexity index is 401. The highest BCUT2D eigenvalue weighted by Crippen LogP contribution is 2.26. The van der Waals surface area contributed by atoms with E-state index in [0.29, 0.717) is 31.8 Å². The number of anilines is 1. The third kappa shape index (κ3) is 4.42. The van der Waals surface area contributed by atoms with Gasteiger partial charge in [0.25, 0.3) is 0 Å². The Morgan fingerprint density at radius 2 is 1.85 bits per heavy atom. The summed E-state index contributed by atoms with van der Waals surface area (Å²) in [6.45, 7) is 7.93. The van der Waals surface area contributed by atoms with Crippen LogP contribution in [0.5, 0.6) is 0 Å². The van der Waals surface area contributed by atoms with Crippen LogP contribution in [0.4, 0.5) is 14.5 Å². The summed E-state index contributed by atoms with van der Waals surface area (Å²) < 4.78 is 33.2. The molecule has 0 aromatic heterocycles. The minimum Gasteiger partial charge on any atom is -0.383 e. The van der Waals surface area contributed by atoms with Gasteiger partial charge >= 0.3 is 0 Å². The minimum absolute atomic E-state index is 0.0506. The van der Waals surface area contributed by atoms with Crippen molar-refractivity contribution < 1.29 is 13.5 Å². The van der Waals surface area contributed by atoms with Crippen LogP contribution in [-0.2, 0) is 11.3 Å². The maximum Gasteiger partial charge on any atom is 0.149 e. The molecule has 5 heteroatoms. The Kier molecular flexibility index (Phi) is 6.88. The highest BCUT2D eigenvalue weighted by molar-refractivity contribution is 5.51. The van der Waals surface area contributed by atoms with Gasteiger partial charge in [0.2, 0.25) is 0 Å². The number of nitrogens with zero attached hydrogens (tertiary/aromatic N) is 1. The van der Waals surface area contributed by atoms with Crippen molar-refractivity contribution in [2.75, 3.05) is 31.7 Å².